The lowest BCUT2D eigenvalue weighted by atomic mass is 10.1. The molecule has 0 bridgehead atoms. The summed E-state index contributed by atoms with van der Waals surface area (Å²) in [6.07, 6.45) is 3.82. The predicted octanol–water partition coefficient (Wildman–Crippen LogP) is 3.64. The molecule has 1 atom stereocenters. The fourth-order valence-electron chi connectivity index (χ4n) is 4.70. The molecular formula is C25H25N3O2. The van der Waals surface area contributed by atoms with Crippen molar-refractivity contribution in [2.45, 2.75) is 51.2 Å². The Morgan fingerprint density at radius 3 is 2.20 bits per heavy atom. The largest absolute Gasteiger partial charge is 0.328 e. The van der Waals surface area contributed by atoms with E-state index in [1.54, 1.807) is 0 Å². The van der Waals surface area contributed by atoms with Gasteiger partial charge in [-0.3, -0.25) is 14.2 Å². The van der Waals surface area contributed by atoms with Crippen LogP contribution in [0.4, 0.5) is 0 Å². The number of aryl methyl sites for hydroxylation is 1. The van der Waals surface area contributed by atoms with Crippen LogP contribution in [0.5, 0.6) is 0 Å². The number of carbonyl (C=O) groups excluding carboxylic acids is 1. The number of amides is 1. The van der Waals surface area contributed by atoms with E-state index in [0.29, 0.717) is 25.9 Å². The van der Waals surface area contributed by atoms with Crippen LogP contribution in [0.2, 0.25) is 0 Å². The third kappa shape index (κ3) is 3.45. The van der Waals surface area contributed by atoms with Crippen molar-refractivity contribution >= 4 is 5.91 Å². The van der Waals surface area contributed by atoms with Crippen molar-refractivity contribution in [3.63, 3.8) is 0 Å². The van der Waals surface area contributed by atoms with Crippen molar-refractivity contribution in [2.75, 3.05) is 0 Å². The molecule has 2 heterocycles. The molecule has 0 saturated carbocycles. The van der Waals surface area contributed by atoms with Crippen molar-refractivity contribution < 1.29 is 4.79 Å². The van der Waals surface area contributed by atoms with E-state index in [0.717, 1.165) is 47.5 Å². The summed E-state index contributed by atoms with van der Waals surface area (Å²) in [5.41, 5.74) is 4.01. The van der Waals surface area contributed by atoms with Crippen LogP contribution in [-0.4, -0.2) is 20.4 Å². The van der Waals surface area contributed by atoms with Crippen molar-refractivity contribution in [3.05, 3.63) is 99.2 Å². The van der Waals surface area contributed by atoms with Gasteiger partial charge < -0.3 is 4.90 Å². The molecule has 1 fully saturated rings. The van der Waals surface area contributed by atoms with E-state index in [2.05, 4.69) is 0 Å². The van der Waals surface area contributed by atoms with Gasteiger partial charge in [0.25, 0.3) is 5.56 Å². The lowest BCUT2D eigenvalue weighted by Crippen LogP contribution is -2.35. The molecule has 1 aromatic heterocycles. The van der Waals surface area contributed by atoms with Crippen LogP contribution in [0.15, 0.2) is 65.5 Å². The number of fused-ring (bicyclic) bond motifs is 1. The van der Waals surface area contributed by atoms with Gasteiger partial charge in [-0.15, -0.1) is 0 Å². The molecule has 1 unspecified atom stereocenters. The third-order valence-electron chi connectivity index (χ3n) is 6.22. The Morgan fingerprint density at radius 1 is 0.833 bits per heavy atom. The molecule has 1 aliphatic heterocycles. The molecule has 30 heavy (non-hydrogen) atoms. The summed E-state index contributed by atoms with van der Waals surface area (Å²) >= 11 is 0. The summed E-state index contributed by atoms with van der Waals surface area (Å²) in [6, 6.07) is 19.9. The van der Waals surface area contributed by atoms with Crippen LogP contribution in [0.25, 0.3) is 0 Å². The fraction of sp³-hybridized carbons (Fsp3) is 0.320. The normalized spacial score (nSPS) is 18.1. The number of benzene rings is 2. The smallest absolute Gasteiger partial charge is 0.257 e. The molecule has 2 aromatic carbocycles. The first-order valence-corrected chi connectivity index (χ1v) is 10.7. The zero-order valence-corrected chi connectivity index (χ0v) is 17.0. The Kier molecular flexibility index (Phi) is 4.95. The van der Waals surface area contributed by atoms with E-state index in [1.807, 2.05) is 70.1 Å². The zero-order valence-electron chi connectivity index (χ0n) is 17.0. The minimum absolute atomic E-state index is 0.0652. The fourth-order valence-corrected chi connectivity index (χ4v) is 4.70. The lowest BCUT2D eigenvalue weighted by Gasteiger charge is -2.27. The van der Waals surface area contributed by atoms with E-state index < -0.39 is 0 Å². The molecular weight excluding hydrogens is 374 g/mol. The third-order valence-corrected chi connectivity index (χ3v) is 6.22. The average molecular weight is 399 g/mol. The minimum atomic E-state index is -0.167. The quantitative estimate of drug-likeness (QED) is 0.658. The van der Waals surface area contributed by atoms with Crippen LogP contribution in [-0.2, 0) is 30.7 Å². The average Bonchev–Trinajstić information content (AvgIpc) is 3.39. The number of nitrogens with zero attached hydrogens (tertiary/aromatic N) is 3. The van der Waals surface area contributed by atoms with E-state index in [4.69, 9.17) is 4.98 Å². The molecule has 2 aliphatic rings. The zero-order chi connectivity index (χ0) is 20.5. The lowest BCUT2D eigenvalue weighted by molar-refractivity contribution is -0.129. The molecule has 0 N–H and O–H groups in total. The molecule has 1 amide bonds. The molecule has 3 aromatic rings. The number of rotatable bonds is 5. The van der Waals surface area contributed by atoms with Crippen molar-refractivity contribution in [1.82, 2.24) is 14.5 Å². The molecule has 5 nitrogen and oxygen atoms in total. The number of aromatic nitrogens is 2. The second kappa shape index (κ2) is 7.90. The van der Waals surface area contributed by atoms with E-state index in [1.165, 1.54) is 0 Å². The highest BCUT2D eigenvalue weighted by Crippen LogP contribution is 2.34. The van der Waals surface area contributed by atoms with Gasteiger partial charge in [-0.05, 0) is 36.8 Å². The highest BCUT2D eigenvalue weighted by Gasteiger charge is 2.36. The van der Waals surface area contributed by atoms with E-state index in [-0.39, 0.29) is 17.5 Å². The first kappa shape index (κ1) is 18.8. The topological polar surface area (TPSA) is 55.2 Å². The number of likely N-dealkylation sites (tertiary alicyclic amines) is 1. The highest BCUT2D eigenvalue weighted by molar-refractivity contribution is 5.78. The Balaban J connectivity index is 1.57. The summed E-state index contributed by atoms with van der Waals surface area (Å²) in [6.45, 7) is 1.03. The molecule has 5 heteroatoms. The van der Waals surface area contributed by atoms with E-state index in [9.17, 15) is 9.59 Å². The molecule has 1 aliphatic carbocycles. The van der Waals surface area contributed by atoms with Crippen molar-refractivity contribution in [1.29, 1.82) is 0 Å². The SMILES string of the molecule is O=C1CCC(c2nc3c(c(=O)n2Cc2ccccc2)CCC3)N1Cc1ccccc1. The minimum Gasteiger partial charge on any atom is -0.328 e. The maximum atomic E-state index is 13.4. The molecule has 1 saturated heterocycles. The summed E-state index contributed by atoms with van der Waals surface area (Å²) in [5.74, 6) is 0.871. The van der Waals surface area contributed by atoms with Gasteiger partial charge >= 0.3 is 0 Å². The van der Waals surface area contributed by atoms with Crippen LogP contribution in [0.1, 0.15) is 53.5 Å². The number of carbonyl (C=O) groups is 1. The first-order chi connectivity index (χ1) is 14.7. The van der Waals surface area contributed by atoms with Gasteiger partial charge in [0, 0.05) is 18.5 Å². The second-order valence-electron chi connectivity index (χ2n) is 8.19. The van der Waals surface area contributed by atoms with Crippen molar-refractivity contribution in [2.24, 2.45) is 0 Å². The maximum Gasteiger partial charge on any atom is 0.257 e. The highest BCUT2D eigenvalue weighted by atomic mass is 16.2. The monoisotopic (exact) mass is 399 g/mol. The summed E-state index contributed by atoms with van der Waals surface area (Å²) in [7, 11) is 0. The summed E-state index contributed by atoms with van der Waals surface area (Å²) in [4.78, 5) is 33.1. The molecule has 0 radical (unpaired) electrons. The van der Waals surface area contributed by atoms with Crippen molar-refractivity contribution in [3.8, 4) is 0 Å². The van der Waals surface area contributed by atoms with Crippen LogP contribution < -0.4 is 5.56 Å². The predicted molar refractivity (Wildman–Crippen MR) is 115 cm³/mol. The van der Waals surface area contributed by atoms with Gasteiger partial charge in [0.05, 0.1) is 18.3 Å². The molecule has 0 spiro atoms. The van der Waals surface area contributed by atoms with Crippen LogP contribution in [0.3, 0.4) is 0 Å². The van der Waals surface area contributed by atoms with Crippen LogP contribution >= 0.6 is 0 Å². The number of hydrogen-bond donors (Lipinski definition) is 0. The van der Waals surface area contributed by atoms with Crippen LogP contribution in [0, 0.1) is 0 Å². The van der Waals surface area contributed by atoms with Gasteiger partial charge in [0.2, 0.25) is 5.91 Å². The summed E-state index contributed by atoms with van der Waals surface area (Å²) < 4.78 is 1.82. The Morgan fingerprint density at radius 2 is 1.50 bits per heavy atom. The standard InChI is InChI=1S/C25H25N3O2/c29-23-15-14-22(27(23)16-18-8-3-1-4-9-18)24-26-21-13-7-12-20(21)25(30)28(24)17-19-10-5-2-6-11-19/h1-6,8-11,22H,7,12-17H2. The first-order valence-electron chi connectivity index (χ1n) is 10.7. The van der Waals surface area contributed by atoms with E-state index >= 15 is 0 Å². The molecule has 152 valence electrons. The second-order valence-corrected chi connectivity index (χ2v) is 8.19. The molecule has 5 rings (SSSR count). The van der Waals surface area contributed by atoms with Gasteiger partial charge in [-0.1, -0.05) is 60.7 Å². The Hall–Kier alpha value is -3.21. The van der Waals surface area contributed by atoms with Gasteiger partial charge in [-0.25, -0.2) is 4.98 Å². The van der Waals surface area contributed by atoms with Gasteiger partial charge in [0.15, 0.2) is 0 Å². The number of hydrogen-bond acceptors (Lipinski definition) is 3. The van der Waals surface area contributed by atoms with Gasteiger partial charge in [-0.2, -0.15) is 0 Å². The maximum absolute atomic E-state index is 13.4. The summed E-state index contributed by atoms with van der Waals surface area (Å²) in [5, 5.41) is 0. The Bertz CT molecular complexity index is 1120. The van der Waals surface area contributed by atoms with Gasteiger partial charge in [0.1, 0.15) is 5.82 Å². The Labute approximate surface area is 176 Å².